The molecule has 108 valence electrons. The molecule has 1 heterocycles. The number of benzene rings is 2. The SMILES string of the molecule is CON1CN=C(Nc2ccc(Cl)cc2)c2cc(O)ccc21. The zero-order valence-electron chi connectivity index (χ0n) is 11.4. The number of hydrogen-bond acceptors (Lipinski definition) is 5. The van der Waals surface area contributed by atoms with Gasteiger partial charge < -0.3 is 10.4 Å². The summed E-state index contributed by atoms with van der Waals surface area (Å²) in [6.07, 6.45) is 0. The molecule has 0 saturated heterocycles. The third-order valence-electron chi connectivity index (χ3n) is 3.19. The second-order valence-corrected chi connectivity index (χ2v) is 4.98. The van der Waals surface area contributed by atoms with Crippen LogP contribution in [0.4, 0.5) is 11.4 Å². The van der Waals surface area contributed by atoms with E-state index in [9.17, 15) is 5.11 Å². The molecule has 2 aromatic rings. The van der Waals surface area contributed by atoms with E-state index in [1.165, 1.54) is 0 Å². The van der Waals surface area contributed by atoms with Gasteiger partial charge in [0.1, 0.15) is 18.3 Å². The number of hydroxylamine groups is 1. The Hall–Kier alpha value is -2.24. The molecule has 21 heavy (non-hydrogen) atoms. The van der Waals surface area contributed by atoms with Gasteiger partial charge in [-0.15, -0.1) is 0 Å². The summed E-state index contributed by atoms with van der Waals surface area (Å²) in [5.41, 5.74) is 2.50. The van der Waals surface area contributed by atoms with Crippen molar-refractivity contribution in [3.8, 4) is 5.75 Å². The molecule has 0 fully saturated rings. The lowest BCUT2D eigenvalue weighted by atomic mass is 10.1. The fourth-order valence-corrected chi connectivity index (χ4v) is 2.29. The fourth-order valence-electron chi connectivity index (χ4n) is 2.16. The van der Waals surface area contributed by atoms with E-state index in [1.807, 2.05) is 12.1 Å². The molecule has 0 saturated carbocycles. The van der Waals surface area contributed by atoms with Crippen molar-refractivity contribution in [2.45, 2.75) is 0 Å². The number of aliphatic imine (C=N–C) groups is 1. The summed E-state index contributed by atoms with van der Waals surface area (Å²) in [6.45, 7) is 0.379. The minimum absolute atomic E-state index is 0.178. The molecule has 3 rings (SSSR count). The molecule has 0 radical (unpaired) electrons. The van der Waals surface area contributed by atoms with Crippen LogP contribution in [0.5, 0.6) is 5.75 Å². The zero-order chi connectivity index (χ0) is 14.8. The van der Waals surface area contributed by atoms with Gasteiger partial charge in [0, 0.05) is 16.3 Å². The van der Waals surface area contributed by atoms with Gasteiger partial charge in [-0.05, 0) is 42.5 Å². The smallest absolute Gasteiger partial charge is 0.138 e. The average molecular weight is 304 g/mol. The first-order valence-electron chi connectivity index (χ1n) is 6.39. The number of phenolic OH excluding ortho intramolecular Hbond substituents is 1. The largest absolute Gasteiger partial charge is 0.508 e. The molecule has 6 heteroatoms. The third-order valence-corrected chi connectivity index (χ3v) is 3.44. The summed E-state index contributed by atoms with van der Waals surface area (Å²) in [6, 6.07) is 12.4. The van der Waals surface area contributed by atoms with Crippen LogP contribution in [0.3, 0.4) is 0 Å². The monoisotopic (exact) mass is 303 g/mol. The first-order valence-corrected chi connectivity index (χ1v) is 6.77. The number of fused-ring (bicyclic) bond motifs is 1. The molecule has 0 aliphatic carbocycles. The van der Waals surface area contributed by atoms with E-state index in [-0.39, 0.29) is 5.75 Å². The highest BCUT2D eigenvalue weighted by Crippen LogP contribution is 2.29. The van der Waals surface area contributed by atoms with E-state index in [4.69, 9.17) is 16.4 Å². The van der Waals surface area contributed by atoms with Crippen molar-refractivity contribution in [2.24, 2.45) is 4.99 Å². The maximum atomic E-state index is 9.71. The average Bonchev–Trinajstić information content (AvgIpc) is 2.50. The predicted octanol–water partition coefficient (Wildman–Crippen LogP) is 3.24. The molecule has 0 amide bonds. The second kappa shape index (κ2) is 5.63. The van der Waals surface area contributed by atoms with Crippen molar-refractivity contribution >= 4 is 28.8 Å². The van der Waals surface area contributed by atoms with E-state index < -0.39 is 0 Å². The molecule has 0 atom stereocenters. The normalized spacial score (nSPS) is 13.6. The summed E-state index contributed by atoms with van der Waals surface area (Å²) in [4.78, 5) is 9.72. The van der Waals surface area contributed by atoms with Gasteiger partial charge in [-0.1, -0.05) is 11.6 Å². The van der Waals surface area contributed by atoms with Gasteiger partial charge in [0.2, 0.25) is 0 Å². The van der Waals surface area contributed by atoms with Gasteiger partial charge in [-0.3, -0.25) is 4.84 Å². The predicted molar refractivity (Wildman–Crippen MR) is 84.1 cm³/mol. The van der Waals surface area contributed by atoms with Crippen molar-refractivity contribution in [2.75, 3.05) is 24.2 Å². The van der Waals surface area contributed by atoms with Crippen molar-refractivity contribution in [1.82, 2.24) is 0 Å². The third kappa shape index (κ3) is 2.79. The Morgan fingerprint density at radius 3 is 2.71 bits per heavy atom. The number of halogens is 1. The highest BCUT2D eigenvalue weighted by atomic mass is 35.5. The Morgan fingerprint density at radius 1 is 1.24 bits per heavy atom. The van der Waals surface area contributed by atoms with Gasteiger partial charge in [0.05, 0.1) is 12.8 Å². The fraction of sp³-hybridized carbons (Fsp3) is 0.133. The molecular weight excluding hydrogens is 290 g/mol. The van der Waals surface area contributed by atoms with Crippen LogP contribution in [0.1, 0.15) is 5.56 Å². The lowest BCUT2D eigenvalue weighted by Crippen LogP contribution is -2.31. The summed E-state index contributed by atoms with van der Waals surface area (Å²) in [5, 5.41) is 15.3. The molecule has 5 nitrogen and oxygen atoms in total. The lowest BCUT2D eigenvalue weighted by Gasteiger charge is -2.28. The quantitative estimate of drug-likeness (QED) is 0.894. The van der Waals surface area contributed by atoms with Crippen molar-refractivity contribution in [1.29, 1.82) is 0 Å². The van der Waals surface area contributed by atoms with E-state index in [0.29, 0.717) is 17.5 Å². The van der Waals surface area contributed by atoms with Crippen LogP contribution in [0, 0.1) is 0 Å². The summed E-state index contributed by atoms with van der Waals surface area (Å²) >= 11 is 5.88. The van der Waals surface area contributed by atoms with Crippen molar-refractivity contribution < 1.29 is 9.94 Å². The van der Waals surface area contributed by atoms with Crippen LogP contribution in [0.15, 0.2) is 47.5 Å². The van der Waals surface area contributed by atoms with Crippen molar-refractivity contribution in [3.05, 3.63) is 53.1 Å². The van der Waals surface area contributed by atoms with Gasteiger partial charge in [-0.2, -0.15) is 0 Å². The highest BCUT2D eigenvalue weighted by molar-refractivity contribution is 6.30. The topological polar surface area (TPSA) is 57.1 Å². The number of phenols is 1. The maximum Gasteiger partial charge on any atom is 0.138 e. The second-order valence-electron chi connectivity index (χ2n) is 4.54. The van der Waals surface area contributed by atoms with E-state index >= 15 is 0 Å². The first kappa shape index (κ1) is 13.7. The van der Waals surface area contributed by atoms with Crippen LogP contribution in [-0.2, 0) is 4.84 Å². The highest BCUT2D eigenvalue weighted by Gasteiger charge is 2.20. The molecule has 0 bridgehead atoms. The van der Waals surface area contributed by atoms with Gasteiger partial charge in [0.25, 0.3) is 0 Å². The van der Waals surface area contributed by atoms with Crippen molar-refractivity contribution in [3.63, 3.8) is 0 Å². The van der Waals surface area contributed by atoms with E-state index in [1.54, 1.807) is 42.5 Å². The minimum atomic E-state index is 0.178. The van der Waals surface area contributed by atoms with Crippen LogP contribution >= 0.6 is 11.6 Å². The lowest BCUT2D eigenvalue weighted by molar-refractivity contribution is 0.168. The molecule has 1 aliphatic rings. The molecule has 0 aromatic heterocycles. The van der Waals surface area contributed by atoms with Gasteiger partial charge >= 0.3 is 0 Å². The van der Waals surface area contributed by atoms with Crippen LogP contribution in [0.25, 0.3) is 0 Å². The van der Waals surface area contributed by atoms with Gasteiger partial charge in [-0.25, -0.2) is 10.1 Å². The Labute approximate surface area is 127 Å². The number of nitrogens with zero attached hydrogens (tertiary/aromatic N) is 2. The number of hydrogen-bond donors (Lipinski definition) is 2. The first-order chi connectivity index (χ1) is 10.2. The number of aromatic hydroxyl groups is 1. The Balaban J connectivity index is 1.95. The zero-order valence-corrected chi connectivity index (χ0v) is 12.1. The standard InChI is InChI=1S/C15H14ClN3O2/c1-21-19-9-17-15(13-8-12(20)6-7-14(13)19)18-11-4-2-10(16)3-5-11/h2-8,20H,9H2,1H3,(H,17,18). The summed E-state index contributed by atoms with van der Waals surface area (Å²) < 4.78 is 0. The molecule has 0 unspecified atom stereocenters. The van der Waals surface area contributed by atoms with Crippen LogP contribution in [-0.4, -0.2) is 24.7 Å². The summed E-state index contributed by atoms with van der Waals surface area (Å²) in [5.74, 6) is 0.855. The maximum absolute atomic E-state index is 9.71. The molecular formula is C15H14ClN3O2. The van der Waals surface area contributed by atoms with Crippen LogP contribution in [0.2, 0.25) is 5.02 Å². The van der Waals surface area contributed by atoms with Gasteiger partial charge in [0.15, 0.2) is 0 Å². The number of nitrogens with one attached hydrogen (secondary N) is 1. The number of amidine groups is 1. The van der Waals surface area contributed by atoms with E-state index in [0.717, 1.165) is 16.9 Å². The molecule has 1 aliphatic heterocycles. The summed E-state index contributed by atoms with van der Waals surface area (Å²) in [7, 11) is 1.59. The molecule has 0 spiro atoms. The molecule has 2 N–H and O–H groups in total. The van der Waals surface area contributed by atoms with Crippen LogP contribution < -0.4 is 10.4 Å². The minimum Gasteiger partial charge on any atom is -0.508 e. The number of rotatable bonds is 2. The number of anilines is 2. The Kier molecular flexibility index (Phi) is 3.68. The Morgan fingerprint density at radius 2 is 2.00 bits per heavy atom. The molecule has 2 aromatic carbocycles. The van der Waals surface area contributed by atoms with E-state index in [2.05, 4.69) is 10.3 Å². The Bertz CT molecular complexity index is 686.